The van der Waals surface area contributed by atoms with Crippen molar-refractivity contribution in [3.63, 3.8) is 0 Å². The molecular formula is C19H16BrF2NO4. The number of methoxy groups -OCH3 is 1. The molecule has 2 aromatic rings. The Morgan fingerprint density at radius 1 is 1.15 bits per heavy atom. The van der Waals surface area contributed by atoms with E-state index in [0.29, 0.717) is 0 Å². The third kappa shape index (κ3) is 4.78. The Balaban J connectivity index is 2.20. The molecule has 1 unspecified atom stereocenters. The summed E-state index contributed by atoms with van der Waals surface area (Å²) in [7, 11) is 1.21. The molecule has 1 atom stereocenters. The average molecular weight is 440 g/mol. The third-order valence-electron chi connectivity index (χ3n) is 3.67. The van der Waals surface area contributed by atoms with E-state index in [-0.39, 0.29) is 16.8 Å². The van der Waals surface area contributed by atoms with E-state index < -0.39 is 28.3 Å². The van der Waals surface area contributed by atoms with Gasteiger partial charge in [-0.15, -0.1) is 0 Å². The lowest BCUT2D eigenvalue weighted by atomic mass is 10.0. The highest BCUT2D eigenvalue weighted by Gasteiger charge is 2.48. The number of aliphatic hydroxyl groups is 1. The lowest BCUT2D eigenvalue weighted by molar-refractivity contribution is -0.156. The Bertz CT molecular complexity index is 856. The second kappa shape index (κ2) is 8.88. The zero-order valence-corrected chi connectivity index (χ0v) is 15.7. The predicted molar refractivity (Wildman–Crippen MR) is 99.8 cm³/mol. The first kappa shape index (κ1) is 20.7. The van der Waals surface area contributed by atoms with Crippen molar-refractivity contribution < 1.29 is 28.2 Å². The molecule has 2 rings (SSSR count). The van der Waals surface area contributed by atoms with E-state index in [2.05, 4.69) is 26.0 Å². The van der Waals surface area contributed by atoms with Crippen LogP contribution in [0.2, 0.25) is 0 Å². The maximum Gasteiger partial charge on any atom is 0.339 e. The van der Waals surface area contributed by atoms with Crippen LogP contribution >= 0.6 is 15.9 Å². The predicted octanol–water partition coefficient (Wildman–Crippen LogP) is 4.06. The minimum Gasteiger partial charge on any atom is -0.465 e. The standard InChI is InChI=1S/C19H16BrF2NO4/c1-27-18(26)13-9-5-6-10-15(13)23-11-14(20)17(25)19(21,22)16(24)12-7-3-2-4-8-12/h2-11,16,23-24H,1H3/b14-11+. The van der Waals surface area contributed by atoms with Gasteiger partial charge in [-0.3, -0.25) is 4.79 Å². The van der Waals surface area contributed by atoms with Gasteiger partial charge in [-0.05, 0) is 33.6 Å². The number of ketones is 1. The van der Waals surface area contributed by atoms with Gasteiger partial charge in [0.25, 0.3) is 0 Å². The number of alkyl halides is 2. The number of ether oxygens (including phenoxy) is 1. The number of rotatable bonds is 7. The van der Waals surface area contributed by atoms with Crippen LogP contribution in [0.25, 0.3) is 0 Å². The average Bonchev–Trinajstić information content (AvgIpc) is 2.70. The Labute approximate surface area is 162 Å². The number of benzene rings is 2. The number of hydrogen-bond acceptors (Lipinski definition) is 5. The molecule has 0 aliphatic rings. The molecule has 8 heteroatoms. The van der Waals surface area contributed by atoms with E-state index in [1.165, 1.54) is 43.5 Å². The first-order chi connectivity index (χ1) is 12.8. The van der Waals surface area contributed by atoms with Crippen molar-refractivity contribution in [3.05, 3.63) is 76.4 Å². The van der Waals surface area contributed by atoms with E-state index in [4.69, 9.17) is 0 Å². The maximum absolute atomic E-state index is 14.4. The van der Waals surface area contributed by atoms with Crippen molar-refractivity contribution in [3.8, 4) is 0 Å². The van der Waals surface area contributed by atoms with Gasteiger partial charge in [0.1, 0.15) is 0 Å². The molecule has 0 saturated heterocycles. The number of carbonyl (C=O) groups is 2. The largest absolute Gasteiger partial charge is 0.465 e. The van der Waals surface area contributed by atoms with E-state index >= 15 is 0 Å². The summed E-state index contributed by atoms with van der Waals surface area (Å²) in [6.45, 7) is 0. The molecule has 27 heavy (non-hydrogen) atoms. The summed E-state index contributed by atoms with van der Waals surface area (Å²) in [5, 5.41) is 12.5. The zero-order valence-electron chi connectivity index (χ0n) is 14.2. The smallest absolute Gasteiger partial charge is 0.339 e. The molecule has 2 N–H and O–H groups in total. The highest BCUT2D eigenvalue weighted by atomic mass is 79.9. The fraction of sp³-hybridized carbons (Fsp3) is 0.158. The maximum atomic E-state index is 14.4. The fourth-order valence-corrected chi connectivity index (χ4v) is 2.61. The van der Waals surface area contributed by atoms with Gasteiger partial charge in [0.05, 0.1) is 22.8 Å². The van der Waals surface area contributed by atoms with Crippen molar-refractivity contribution in [2.45, 2.75) is 12.0 Å². The molecule has 0 aliphatic heterocycles. The molecule has 0 aliphatic carbocycles. The van der Waals surface area contributed by atoms with E-state index in [1.807, 2.05) is 0 Å². The fourth-order valence-electron chi connectivity index (χ4n) is 2.23. The minimum atomic E-state index is -4.06. The van der Waals surface area contributed by atoms with Gasteiger partial charge in [0.15, 0.2) is 6.10 Å². The van der Waals surface area contributed by atoms with Crippen LogP contribution in [-0.2, 0) is 9.53 Å². The molecule has 0 amide bonds. The number of esters is 1. The first-order valence-corrected chi connectivity index (χ1v) is 8.53. The van der Waals surface area contributed by atoms with Gasteiger partial charge in [0.2, 0.25) is 5.78 Å². The van der Waals surface area contributed by atoms with Crippen molar-refractivity contribution in [1.29, 1.82) is 0 Å². The van der Waals surface area contributed by atoms with Gasteiger partial charge < -0.3 is 15.2 Å². The van der Waals surface area contributed by atoms with Crippen molar-refractivity contribution >= 4 is 33.4 Å². The van der Waals surface area contributed by atoms with Crippen molar-refractivity contribution in [1.82, 2.24) is 0 Å². The molecular weight excluding hydrogens is 424 g/mol. The molecule has 0 bridgehead atoms. The number of allylic oxidation sites excluding steroid dienone is 1. The topological polar surface area (TPSA) is 75.6 Å². The summed E-state index contributed by atoms with van der Waals surface area (Å²) in [5.41, 5.74) is 0.348. The highest BCUT2D eigenvalue weighted by Crippen LogP contribution is 2.35. The summed E-state index contributed by atoms with van der Waals surface area (Å²) < 4.78 is 32.9. The van der Waals surface area contributed by atoms with Crippen LogP contribution in [-0.4, -0.2) is 29.9 Å². The summed E-state index contributed by atoms with van der Waals surface area (Å²) in [6, 6.07) is 13.4. The Morgan fingerprint density at radius 2 is 1.74 bits per heavy atom. The van der Waals surface area contributed by atoms with Gasteiger partial charge in [-0.2, -0.15) is 8.78 Å². The lowest BCUT2D eigenvalue weighted by Gasteiger charge is -2.21. The second-order valence-corrected chi connectivity index (χ2v) is 6.29. The van der Waals surface area contributed by atoms with Gasteiger partial charge in [-0.1, -0.05) is 42.5 Å². The summed E-state index contributed by atoms with van der Waals surface area (Å²) in [5.74, 6) is -6.29. The summed E-state index contributed by atoms with van der Waals surface area (Å²) >= 11 is 2.80. The van der Waals surface area contributed by atoms with Crippen molar-refractivity contribution in [2.75, 3.05) is 12.4 Å². The normalized spacial score (nSPS) is 13.0. The monoisotopic (exact) mass is 439 g/mol. The Morgan fingerprint density at radius 3 is 2.37 bits per heavy atom. The molecule has 142 valence electrons. The molecule has 0 saturated carbocycles. The minimum absolute atomic E-state index is 0.0832. The van der Waals surface area contributed by atoms with Crippen LogP contribution in [0.5, 0.6) is 0 Å². The zero-order chi connectivity index (χ0) is 20.0. The SMILES string of the molecule is COC(=O)c1ccccc1N/C=C(/Br)C(=O)C(F)(F)C(O)c1ccccc1. The molecule has 0 spiro atoms. The Kier molecular flexibility index (Phi) is 6.81. The quantitative estimate of drug-likeness (QED) is 0.502. The van der Waals surface area contributed by atoms with E-state index in [9.17, 15) is 23.5 Å². The lowest BCUT2D eigenvalue weighted by Crippen LogP contribution is -2.36. The number of para-hydroxylation sites is 1. The van der Waals surface area contributed by atoms with Gasteiger partial charge in [-0.25, -0.2) is 4.79 Å². The number of nitrogens with one attached hydrogen (secondary N) is 1. The van der Waals surface area contributed by atoms with Crippen LogP contribution in [0.15, 0.2) is 65.3 Å². The number of anilines is 1. The number of aliphatic hydroxyl groups excluding tert-OH is 1. The Hall–Kier alpha value is -2.58. The van der Waals surface area contributed by atoms with Crippen LogP contribution in [0.4, 0.5) is 14.5 Å². The molecule has 5 nitrogen and oxygen atoms in total. The number of halogens is 3. The first-order valence-electron chi connectivity index (χ1n) is 7.74. The van der Waals surface area contributed by atoms with Crippen LogP contribution in [0.1, 0.15) is 22.0 Å². The summed E-state index contributed by atoms with van der Waals surface area (Å²) in [6.07, 6.45) is -1.31. The molecule has 2 aromatic carbocycles. The van der Waals surface area contributed by atoms with Crippen LogP contribution < -0.4 is 5.32 Å². The number of hydrogen-bond donors (Lipinski definition) is 2. The van der Waals surface area contributed by atoms with Crippen LogP contribution in [0, 0.1) is 0 Å². The highest BCUT2D eigenvalue weighted by molar-refractivity contribution is 9.12. The molecule has 0 aromatic heterocycles. The third-order valence-corrected chi connectivity index (χ3v) is 4.25. The van der Waals surface area contributed by atoms with Crippen LogP contribution in [0.3, 0.4) is 0 Å². The number of carbonyl (C=O) groups excluding carboxylic acids is 2. The van der Waals surface area contributed by atoms with Crippen molar-refractivity contribution in [2.24, 2.45) is 0 Å². The second-order valence-electron chi connectivity index (χ2n) is 5.44. The number of Topliss-reactive ketones (excluding diaryl/α,β-unsaturated/α-hetero) is 1. The van der Waals surface area contributed by atoms with Gasteiger partial charge >= 0.3 is 11.9 Å². The summed E-state index contributed by atoms with van der Waals surface area (Å²) in [4.78, 5) is 23.8. The molecule has 0 heterocycles. The molecule has 0 radical (unpaired) electrons. The van der Waals surface area contributed by atoms with Gasteiger partial charge in [0, 0.05) is 6.20 Å². The van der Waals surface area contributed by atoms with E-state index in [1.54, 1.807) is 18.2 Å². The molecule has 0 fully saturated rings. The van der Waals surface area contributed by atoms with E-state index in [0.717, 1.165) is 6.20 Å².